The van der Waals surface area contributed by atoms with Crippen LogP contribution in [0.2, 0.25) is 0 Å². The third-order valence-electron chi connectivity index (χ3n) is 6.09. The van der Waals surface area contributed by atoms with Gasteiger partial charge >= 0.3 is 12.3 Å². The van der Waals surface area contributed by atoms with Gasteiger partial charge in [-0.25, -0.2) is 9.78 Å². The van der Waals surface area contributed by atoms with Crippen LogP contribution in [0.5, 0.6) is 5.75 Å². The Kier molecular flexibility index (Phi) is 8.31. The second-order valence-electron chi connectivity index (χ2n) is 9.25. The van der Waals surface area contributed by atoms with Crippen molar-refractivity contribution in [3.8, 4) is 17.2 Å². The fraction of sp³-hybridized carbons (Fsp3) is 0.385. The van der Waals surface area contributed by atoms with Crippen LogP contribution in [-0.2, 0) is 22.6 Å². The number of carbonyl (C=O) groups is 1. The van der Waals surface area contributed by atoms with Crippen molar-refractivity contribution in [2.24, 2.45) is 11.7 Å². The summed E-state index contributed by atoms with van der Waals surface area (Å²) in [4.78, 5) is 44.5. The number of thiophene rings is 1. The lowest BCUT2D eigenvalue weighted by atomic mass is 10.1. The molecule has 0 aliphatic carbocycles. The van der Waals surface area contributed by atoms with Crippen molar-refractivity contribution in [3.63, 3.8) is 0 Å². The standard InChI is InChI=1S/C26H28F2N4O6S/c1-13(2)37-18(16-7-5-6-8-17(16)38-25(27)28)12-32-24-20(19(15(4)39-24)22-30-9-10-36-22)23(34)31(26(32)35)11-14(3)21(29)33/h5-10,13-14,18,25H,11-12H2,1-4H3,(H2,29,33)/t14?,18-/m0/s1. The van der Waals surface area contributed by atoms with Crippen LogP contribution in [0.4, 0.5) is 8.78 Å². The zero-order valence-electron chi connectivity index (χ0n) is 21.7. The molecule has 0 aliphatic rings. The van der Waals surface area contributed by atoms with Gasteiger partial charge in [-0.15, -0.1) is 11.3 Å². The van der Waals surface area contributed by atoms with Crippen LogP contribution in [0.3, 0.4) is 0 Å². The minimum Gasteiger partial charge on any atom is -0.444 e. The van der Waals surface area contributed by atoms with Crippen molar-refractivity contribution in [1.82, 2.24) is 14.1 Å². The number of rotatable bonds is 11. The van der Waals surface area contributed by atoms with Crippen LogP contribution in [0.15, 0.2) is 50.7 Å². The normalized spacial score (nSPS) is 13.3. The molecule has 2 N–H and O–H groups in total. The molecule has 0 fully saturated rings. The van der Waals surface area contributed by atoms with E-state index in [0.717, 1.165) is 4.57 Å². The van der Waals surface area contributed by atoms with E-state index in [2.05, 4.69) is 4.98 Å². The molecule has 208 valence electrons. The SMILES string of the molecule is Cc1sc2c(c1-c1ncco1)c(=O)n(CC(C)C(N)=O)c(=O)n2C[C@H](OC(C)C)c1ccccc1OC(F)F. The van der Waals surface area contributed by atoms with E-state index in [1.54, 1.807) is 39.0 Å². The number of amides is 1. The predicted octanol–water partition coefficient (Wildman–Crippen LogP) is 4.08. The number of fused-ring (bicyclic) bond motifs is 1. The molecule has 3 heterocycles. The molecule has 10 nitrogen and oxygen atoms in total. The molecule has 0 radical (unpaired) electrons. The van der Waals surface area contributed by atoms with Crippen molar-refractivity contribution < 1.29 is 27.5 Å². The first-order valence-electron chi connectivity index (χ1n) is 12.1. The van der Waals surface area contributed by atoms with E-state index in [1.165, 1.54) is 41.4 Å². The summed E-state index contributed by atoms with van der Waals surface area (Å²) < 4.78 is 45.0. The molecule has 4 aromatic rings. The molecule has 0 bridgehead atoms. The number of aromatic nitrogens is 3. The van der Waals surface area contributed by atoms with Gasteiger partial charge in [-0.1, -0.05) is 25.1 Å². The quantitative estimate of drug-likeness (QED) is 0.291. The number of hydrogen-bond donors (Lipinski definition) is 1. The van der Waals surface area contributed by atoms with E-state index >= 15 is 0 Å². The van der Waals surface area contributed by atoms with Gasteiger partial charge in [0.25, 0.3) is 5.56 Å². The van der Waals surface area contributed by atoms with Crippen LogP contribution in [-0.4, -0.2) is 32.7 Å². The second kappa shape index (κ2) is 11.5. The number of aryl methyl sites for hydroxylation is 1. The fourth-order valence-electron chi connectivity index (χ4n) is 4.32. The summed E-state index contributed by atoms with van der Waals surface area (Å²) in [6.07, 6.45) is 1.55. The van der Waals surface area contributed by atoms with E-state index in [1.807, 2.05) is 0 Å². The first-order chi connectivity index (χ1) is 18.5. The van der Waals surface area contributed by atoms with Gasteiger partial charge in [-0.3, -0.25) is 18.7 Å². The summed E-state index contributed by atoms with van der Waals surface area (Å²) in [6.45, 7) is 3.35. The molecule has 4 rings (SSSR count). The number of oxazole rings is 1. The highest BCUT2D eigenvalue weighted by Crippen LogP contribution is 2.37. The molecule has 1 unspecified atom stereocenters. The van der Waals surface area contributed by atoms with Gasteiger partial charge in [0.1, 0.15) is 22.9 Å². The van der Waals surface area contributed by atoms with Crippen LogP contribution < -0.4 is 21.7 Å². The lowest BCUT2D eigenvalue weighted by Crippen LogP contribution is -2.43. The highest BCUT2D eigenvalue weighted by molar-refractivity contribution is 7.19. The monoisotopic (exact) mass is 562 g/mol. The maximum atomic E-state index is 13.8. The average Bonchev–Trinajstić information content (AvgIpc) is 3.50. The zero-order valence-corrected chi connectivity index (χ0v) is 22.5. The van der Waals surface area contributed by atoms with Crippen LogP contribution >= 0.6 is 11.3 Å². The Bertz CT molecular complexity index is 1590. The zero-order chi connectivity index (χ0) is 28.4. The molecule has 0 aliphatic heterocycles. The van der Waals surface area contributed by atoms with Crippen molar-refractivity contribution in [2.45, 2.75) is 59.6 Å². The number of primary amides is 1. The second-order valence-corrected chi connectivity index (χ2v) is 10.5. The lowest BCUT2D eigenvalue weighted by molar-refractivity contribution is -0.121. The Morgan fingerprint density at radius 1 is 1.15 bits per heavy atom. The van der Waals surface area contributed by atoms with Gasteiger partial charge in [0, 0.05) is 17.0 Å². The molecule has 0 spiro atoms. The molecule has 0 saturated heterocycles. The minimum absolute atomic E-state index is 0.0963. The summed E-state index contributed by atoms with van der Waals surface area (Å²) >= 11 is 1.19. The van der Waals surface area contributed by atoms with Crippen molar-refractivity contribution in [3.05, 3.63) is 68.0 Å². The number of hydrogen-bond acceptors (Lipinski definition) is 8. The van der Waals surface area contributed by atoms with E-state index in [4.69, 9.17) is 19.6 Å². The van der Waals surface area contributed by atoms with Crippen molar-refractivity contribution in [1.29, 1.82) is 0 Å². The molecule has 1 aromatic carbocycles. The molecular formula is C26H28F2N4O6S. The van der Waals surface area contributed by atoms with Gasteiger partial charge < -0.3 is 19.6 Å². The van der Waals surface area contributed by atoms with Gasteiger partial charge in [0.2, 0.25) is 11.8 Å². The topological polar surface area (TPSA) is 132 Å². The van der Waals surface area contributed by atoms with E-state index in [9.17, 15) is 23.2 Å². The molecule has 13 heteroatoms. The molecular weight excluding hydrogens is 534 g/mol. The van der Waals surface area contributed by atoms with E-state index < -0.39 is 35.8 Å². The average molecular weight is 563 g/mol. The maximum absolute atomic E-state index is 13.8. The number of carbonyl (C=O) groups excluding carboxylic acids is 1. The molecule has 1 amide bonds. The van der Waals surface area contributed by atoms with Gasteiger partial charge in [-0.05, 0) is 26.8 Å². The third kappa shape index (κ3) is 5.78. The minimum atomic E-state index is -3.07. The molecule has 2 atom stereocenters. The van der Waals surface area contributed by atoms with Gasteiger partial charge in [-0.2, -0.15) is 8.78 Å². The van der Waals surface area contributed by atoms with E-state index in [-0.39, 0.29) is 36.2 Å². The van der Waals surface area contributed by atoms with Crippen LogP contribution in [0, 0.1) is 12.8 Å². The van der Waals surface area contributed by atoms with Gasteiger partial charge in [0.05, 0.1) is 35.7 Å². The third-order valence-corrected chi connectivity index (χ3v) is 7.21. The Morgan fingerprint density at radius 2 is 1.87 bits per heavy atom. The smallest absolute Gasteiger partial charge is 0.387 e. The fourth-order valence-corrected chi connectivity index (χ4v) is 5.46. The summed E-state index contributed by atoms with van der Waals surface area (Å²) in [5.74, 6) is -1.40. The summed E-state index contributed by atoms with van der Waals surface area (Å²) in [5, 5.41) is 0.177. The summed E-state index contributed by atoms with van der Waals surface area (Å²) in [6, 6.07) is 6.17. The first kappa shape index (κ1) is 28.2. The summed E-state index contributed by atoms with van der Waals surface area (Å²) in [7, 11) is 0. The number of para-hydroxylation sites is 1. The number of ether oxygens (including phenoxy) is 2. The molecule has 3 aromatic heterocycles. The number of benzene rings is 1. The number of alkyl halides is 2. The van der Waals surface area contributed by atoms with Gasteiger partial charge in [0.15, 0.2) is 0 Å². The molecule has 0 saturated carbocycles. The number of nitrogens with zero attached hydrogens (tertiary/aromatic N) is 3. The van der Waals surface area contributed by atoms with E-state index in [0.29, 0.717) is 20.8 Å². The number of nitrogens with two attached hydrogens (primary N) is 1. The highest BCUT2D eigenvalue weighted by atomic mass is 32.1. The largest absolute Gasteiger partial charge is 0.444 e. The lowest BCUT2D eigenvalue weighted by Gasteiger charge is -2.24. The predicted molar refractivity (Wildman–Crippen MR) is 141 cm³/mol. The Morgan fingerprint density at radius 3 is 2.49 bits per heavy atom. The van der Waals surface area contributed by atoms with Crippen LogP contribution in [0.25, 0.3) is 21.7 Å². The molecule has 39 heavy (non-hydrogen) atoms. The summed E-state index contributed by atoms with van der Waals surface area (Å²) in [5.41, 5.74) is 4.82. The Labute approximate surface area is 225 Å². The van der Waals surface area contributed by atoms with Crippen molar-refractivity contribution >= 4 is 27.5 Å². The van der Waals surface area contributed by atoms with Crippen LogP contribution in [0.1, 0.15) is 37.3 Å². The first-order valence-corrected chi connectivity index (χ1v) is 13.0. The Balaban J connectivity index is 1.98. The maximum Gasteiger partial charge on any atom is 0.387 e. The Hall–Kier alpha value is -3.84. The number of halogens is 2. The highest BCUT2D eigenvalue weighted by Gasteiger charge is 2.28. The van der Waals surface area contributed by atoms with Crippen molar-refractivity contribution in [2.75, 3.05) is 0 Å².